The number of amides is 1. The Balaban J connectivity index is 2.22. The molecule has 16 heavy (non-hydrogen) atoms. The van der Waals surface area contributed by atoms with Crippen molar-refractivity contribution >= 4 is 5.91 Å². The molecule has 3 heteroatoms. The first-order chi connectivity index (χ1) is 7.72. The van der Waals surface area contributed by atoms with Gasteiger partial charge < -0.3 is 5.32 Å². The lowest BCUT2D eigenvalue weighted by atomic mass is 9.83. The van der Waals surface area contributed by atoms with E-state index in [4.69, 9.17) is 6.42 Å². The Morgan fingerprint density at radius 2 is 2.12 bits per heavy atom. The molecule has 0 aliphatic heterocycles. The molecule has 90 valence electrons. The maximum atomic E-state index is 11.5. The molecule has 1 aliphatic carbocycles. The van der Waals surface area contributed by atoms with Gasteiger partial charge in [-0.1, -0.05) is 25.7 Å². The minimum absolute atomic E-state index is 0.0509. The molecule has 0 aromatic heterocycles. The zero-order valence-electron chi connectivity index (χ0n) is 10.1. The average Bonchev–Trinajstić information content (AvgIpc) is 2.76. The quantitative estimate of drug-likeness (QED) is 0.525. The summed E-state index contributed by atoms with van der Waals surface area (Å²) in [6, 6.07) is 0. The summed E-state index contributed by atoms with van der Waals surface area (Å²) >= 11 is 0. The maximum Gasteiger partial charge on any atom is 0.234 e. The van der Waals surface area contributed by atoms with Gasteiger partial charge in [-0.25, -0.2) is 0 Å². The van der Waals surface area contributed by atoms with Crippen LogP contribution in [0.15, 0.2) is 0 Å². The van der Waals surface area contributed by atoms with E-state index in [0.29, 0.717) is 18.5 Å². The smallest absolute Gasteiger partial charge is 0.234 e. The molecule has 0 spiro atoms. The molecule has 0 aromatic rings. The molecule has 0 aromatic carbocycles. The lowest BCUT2D eigenvalue weighted by Gasteiger charge is -2.27. The first-order valence-electron chi connectivity index (χ1n) is 6.13. The summed E-state index contributed by atoms with van der Waals surface area (Å²) in [7, 11) is 0. The molecule has 1 rings (SSSR count). The van der Waals surface area contributed by atoms with Gasteiger partial charge in [-0.05, 0) is 24.7 Å². The number of hydrogen-bond acceptors (Lipinski definition) is 2. The van der Waals surface area contributed by atoms with Gasteiger partial charge in [0, 0.05) is 6.54 Å². The fraction of sp³-hybridized carbons (Fsp3) is 0.769. The van der Waals surface area contributed by atoms with E-state index in [1.807, 2.05) is 0 Å². The van der Waals surface area contributed by atoms with Crippen molar-refractivity contribution < 1.29 is 4.79 Å². The molecule has 1 saturated carbocycles. The standard InChI is InChI=1S/C13H22N2O/c1-3-9-14-10-12(16)15-11-13(4-2)7-5-6-8-13/h1,14H,4-11H2,2H3,(H,15,16). The van der Waals surface area contributed by atoms with E-state index >= 15 is 0 Å². The van der Waals surface area contributed by atoms with E-state index in [-0.39, 0.29) is 5.91 Å². The SMILES string of the molecule is C#CCNCC(=O)NCC1(CC)CCCC1. The minimum atomic E-state index is 0.0509. The Kier molecular flexibility index (Phi) is 5.34. The Morgan fingerprint density at radius 1 is 1.44 bits per heavy atom. The summed E-state index contributed by atoms with van der Waals surface area (Å²) in [6.45, 7) is 3.81. The van der Waals surface area contributed by atoms with Crippen LogP contribution in [0, 0.1) is 17.8 Å². The molecular weight excluding hydrogens is 200 g/mol. The third-order valence-electron chi connectivity index (χ3n) is 3.59. The second kappa shape index (κ2) is 6.55. The minimum Gasteiger partial charge on any atom is -0.354 e. The highest BCUT2D eigenvalue weighted by Gasteiger charge is 2.31. The van der Waals surface area contributed by atoms with E-state index in [9.17, 15) is 4.79 Å². The summed E-state index contributed by atoms with van der Waals surface area (Å²) in [5.74, 6) is 2.50. The van der Waals surface area contributed by atoms with E-state index in [1.165, 1.54) is 25.7 Å². The monoisotopic (exact) mass is 222 g/mol. The molecule has 1 fully saturated rings. The number of terminal acetylenes is 1. The largest absolute Gasteiger partial charge is 0.354 e. The van der Waals surface area contributed by atoms with Gasteiger partial charge in [0.15, 0.2) is 0 Å². The van der Waals surface area contributed by atoms with Gasteiger partial charge in [0.2, 0.25) is 5.91 Å². The van der Waals surface area contributed by atoms with Crippen molar-refractivity contribution in [2.45, 2.75) is 39.0 Å². The van der Waals surface area contributed by atoms with Crippen molar-refractivity contribution in [1.29, 1.82) is 0 Å². The van der Waals surface area contributed by atoms with Crippen molar-refractivity contribution in [3.63, 3.8) is 0 Å². The van der Waals surface area contributed by atoms with Crippen LogP contribution in [0.5, 0.6) is 0 Å². The first-order valence-corrected chi connectivity index (χ1v) is 6.13. The van der Waals surface area contributed by atoms with Crippen LogP contribution in [0.1, 0.15) is 39.0 Å². The van der Waals surface area contributed by atoms with Crippen LogP contribution in [0.4, 0.5) is 0 Å². The Labute approximate surface area is 98.4 Å². The molecular formula is C13H22N2O. The van der Waals surface area contributed by atoms with Crippen molar-refractivity contribution in [1.82, 2.24) is 10.6 Å². The summed E-state index contributed by atoms with van der Waals surface area (Å²) in [6.07, 6.45) is 11.4. The fourth-order valence-corrected chi connectivity index (χ4v) is 2.38. The van der Waals surface area contributed by atoms with E-state index in [1.54, 1.807) is 0 Å². The summed E-state index contributed by atoms with van der Waals surface area (Å²) in [5, 5.41) is 5.90. The molecule has 0 heterocycles. The molecule has 3 nitrogen and oxygen atoms in total. The number of carbonyl (C=O) groups excluding carboxylic acids is 1. The average molecular weight is 222 g/mol. The topological polar surface area (TPSA) is 41.1 Å². The molecule has 0 saturated heterocycles. The van der Waals surface area contributed by atoms with Crippen LogP contribution in [-0.4, -0.2) is 25.5 Å². The Bertz CT molecular complexity index is 262. The maximum absolute atomic E-state index is 11.5. The van der Waals surface area contributed by atoms with Crippen LogP contribution in [-0.2, 0) is 4.79 Å². The molecule has 1 aliphatic rings. The van der Waals surface area contributed by atoms with Crippen LogP contribution in [0.3, 0.4) is 0 Å². The normalized spacial score (nSPS) is 18.0. The molecule has 2 N–H and O–H groups in total. The van der Waals surface area contributed by atoms with Crippen LogP contribution in [0.25, 0.3) is 0 Å². The summed E-state index contributed by atoms with van der Waals surface area (Å²) in [4.78, 5) is 11.5. The predicted molar refractivity (Wildman–Crippen MR) is 65.9 cm³/mol. The van der Waals surface area contributed by atoms with Gasteiger partial charge in [0.25, 0.3) is 0 Å². The van der Waals surface area contributed by atoms with Gasteiger partial charge in [0.05, 0.1) is 13.1 Å². The number of rotatable bonds is 6. The van der Waals surface area contributed by atoms with Gasteiger partial charge in [-0.15, -0.1) is 6.42 Å². The van der Waals surface area contributed by atoms with Crippen molar-refractivity contribution in [2.75, 3.05) is 19.6 Å². The number of nitrogens with one attached hydrogen (secondary N) is 2. The highest BCUT2D eigenvalue weighted by molar-refractivity contribution is 5.78. The highest BCUT2D eigenvalue weighted by Crippen LogP contribution is 2.40. The van der Waals surface area contributed by atoms with Crippen LogP contribution >= 0.6 is 0 Å². The third kappa shape index (κ3) is 3.86. The van der Waals surface area contributed by atoms with Gasteiger partial charge in [0.1, 0.15) is 0 Å². The summed E-state index contributed by atoms with van der Waals surface area (Å²) in [5.41, 5.74) is 0.363. The second-order valence-corrected chi connectivity index (χ2v) is 4.65. The van der Waals surface area contributed by atoms with Gasteiger partial charge in [-0.3, -0.25) is 10.1 Å². The molecule has 0 radical (unpaired) electrons. The van der Waals surface area contributed by atoms with E-state index < -0.39 is 0 Å². The third-order valence-corrected chi connectivity index (χ3v) is 3.59. The van der Waals surface area contributed by atoms with E-state index in [2.05, 4.69) is 23.5 Å². The van der Waals surface area contributed by atoms with Gasteiger partial charge in [-0.2, -0.15) is 0 Å². The van der Waals surface area contributed by atoms with Gasteiger partial charge >= 0.3 is 0 Å². The van der Waals surface area contributed by atoms with Crippen molar-refractivity contribution in [3.05, 3.63) is 0 Å². The zero-order chi connectivity index (χ0) is 11.9. The predicted octanol–water partition coefficient (Wildman–Crippen LogP) is 1.30. The zero-order valence-corrected chi connectivity index (χ0v) is 10.1. The van der Waals surface area contributed by atoms with Crippen LogP contribution in [0.2, 0.25) is 0 Å². The number of hydrogen-bond donors (Lipinski definition) is 2. The lowest BCUT2D eigenvalue weighted by molar-refractivity contribution is -0.120. The first kappa shape index (κ1) is 13.1. The van der Waals surface area contributed by atoms with Crippen molar-refractivity contribution in [3.8, 4) is 12.3 Å². The second-order valence-electron chi connectivity index (χ2n) is 4.65. The number of carbonyl (C=O) groups is 1. The van der Waals surface area contributed by atoms with Crippen molar-refractivity contribution in [2.24, 2.45) is 5.41 Å². The Morgan fingerprint density at radius 3 is 2.69 bits per heavy atom. The highest BCUT2D eigenvalue weighted by atomic mass is 16.1. The molecule has 1 amide bonds. The van der Waals surface area contributed by atoms with E-state index in [0.717, 1.165) is 13.0 Å². The molecule has 0 bridgehead atoms. The molecule has 0 atom stereocenters. The van der Waals surface area contributed by atoms with Crippen LogP contribution < -0.4 is 10.6 Å². The summed E-state index contributed by atoms with van der Waals surface area (Å²) < 4.78 is 0. The fourth-order valence-electron chi connectivity index (χ4n) is 2.38. The Hall–Kier alpha value is -1.01. The molecule has 0 unspecified atom stereocenters. The lowest BCUT2D eigenvalue weighted by Crippen LogP contribution is -2.40.